The standard InChI is InChI=1S/C38H36F3N7O2S/c1-6-32(49)47-17-20(2)48-30(21(47)3)16-28(44-48)37-35(33-25(40)14-23(39)15-31(33)50-24-9-11-45(4)12-10-24)34-26(41)18-51-38(34)36(43-37)22-7-8-29-27(13-22)42-19-46(29)5/h6-8,13-16,18-21,24H,1,9-12,17H2,2-5H3/t20-,21+/m0/s1. The number of pyridine rings is 1. The fourth-order valence-electron chi connectivity index (χ4n) is 7.42. The fourth-order valence-corrected chi connectivity index (χ4v) is 8.36. The summed E-state index contributed by atoms with van der Waals surface area (Å²) in [6, 6.07) is 8.93. The van der Waals surface area contributed by atoms with E-state index in [2.05, 4.69) is 16.5 Å². The molecule has 2 aliphatic rings. The van der Waals surface area contributed by atoms with Crippen molar-refractivity contribution in [3.8, 4) is 39.5 Å². The average Bonchev–Trinajstić information content (AvgIpc) is 3.84. The number of aromatic nitrogens is 5. The second kappa shape index (κ2) is 12.6. The van der Waals surface area contributed by atoms with E-state index in [4.69, 9.17) is 14.8 Å². The maximum Gasteiger partial charge on any atom is 0.246 e. The lowest BCUT2D eigenvalue weighted by molar-refractivity contribution is -0.129. The Hall–Kier alpha value is -5.01. The Morgan fingerprint density at radius 1 is 1.02 bits per heavy atom. The number of imidazole rings is 1. The van der Waals surface area contributed by atoms with Gasteiger partial charge in [-0.2, -0.15) is 5.10 Å². The van der Waals surface area contributed by atoms with Crippen LogP contribution in [0.25, 0.3) is 54.9 Å². The van der Waals surface area contributed by atoms with E-state index in [1.54, 1.807) is 11.2 Å². The second-order valence-electron chi connectivity index (χ2n) is 13.5. The Balaban J connectivity index is 1.40. The number of halogens is 3. The van der Waals surface area contributed by atoms with Gasteiger partial charge in [-0.15, -0.1) is 11.3 Å². The van der Waals surface area contributed by atoms with Crippen molar-refractivity contribution in [3.05, 3.63) is 83.9 Å². The highest BCUT2D eigenvalue weighted by Crippen LogP contribution is 2.49. The molecule has 0 aliphatic carbocycles. The number of piperidine rings is 1. The molecule has 6 heterocycles. The molecule has 0 saturated carbocycles. The smallest absolute Gasteiger partial charge is 0.246 e. The van der Waals surface area contributed by atoms with Crippen molar-refractivity contribution in [2.75, 3.05) is 26.7 Å². The van der Waals surface area contributed by atoms with Gasteiger partial charge in [0, 0.05) is 60.7 Å². The molecule has 0 N–H and O–H groups in total. The van der Waals surface area contributed by atoms with Crippen molar-refractivity contribution in [1.29, 1.82) is 0 Å². The first-order chi connectivity index (χ1) is 24.5. The number of fused-ring (bicyclic) bond motifs is 3. The van der Waals surface area contributed by atoms with Crippen LogP contribution in [-0.4, -0.2) is 72.8 Å². The molecule has 9 nitrogen and oxygen atoms in total. The highest BCUT2D eigenvalue weighted by atomic mass is 32.1. The van der Waals surface area contributed by atoms with E-state index >= 15 is 13.2 Å². The molecule has 1 amide bonds. The molecule has 0 unspecified atom stereocenters. The van der Waals surface area contributed by atoms with Crippen LogP contribution in [-0.2, 0) is 11.8 Å². The van der Waals surface area contributed by atoms with E-state index in [9.17, 15) is 4.79 Å². The zero-order valence-electron chi connectivity index (χ0n) is 28.7. The van der Waals surface area contributed by atoms with Gasteiger partial charge in [0.2, 0.25) is 5.91 Å². The second-order valence-corrected chi connectivity index (χ2v) is 14.4. The van der Waals surface area contributed by atoms with E-state index < -0.39 is 17.5 Å². The van der Waals surface area contributed by atoms with Gasteiger partial charge < -0.3 is 19.1 Å². The molecular formula is C38H36F3N7O2S. The Kier molecular flexibility index (Phi) is 8.22. The lowest BCUT2D eigenvalue weighted by Crippen LogP contribution is -2.42. The molecule has 0 spiro atoms. The molecule has 0 bridgehead atoms. The van der Waals surface area contributed by atoms with E-state index in [1.165, 1.54) is 17.5 Å². The summed E-state index contributed by atoms with van der Waals surface area (Å²) in [6.45, 7) is 9.46. The van der Waals surface area contributed by atoms with Crippen LogP contribution in [0.15, 0.2) is 60.8 Å². The molecule has 262 valence electrons. The Labute approximate surface area is 296 Å². The third kappa shape index (κ3) is 5.59. The van der Waals surface area contributed by atoms with Gasteiger partial charge in [-0.05, 0) is 58.0 Å². The number of hydrogen-bond acceptors (Lipinski definition) is 7. The van der Waals surface area contributed by atoms with Gasteiger partial charge in [0.1, 0.15) is 40.7 Å². The van der Waals surface area contributed by atoms with E-state index in [1.807, 2.05) is 61.5 Å². The fraction of sp³-hybridized carbons (Fsp3) is 0.316. The third-order valence-corrected chi connectivity index (χ3v) is 11.1. The van der Waals surface area contributed by atoms with Crippen molar-refractivity contribution in [3.63, 3.8) is 0 Å². The molecule has 8 rings (SSSR count). The Bertz CT molecular complexity index is 2360. The highest BCUT2D eigenvalue weighted by molar-refractivity contribution is 7.17. The van der Waals surface area contributed by atoms with Crippen molar-refractivity contribution in [2.45, 2.75) is 44.9 Å². The van der Waals surface area contributed by atoms with Crippen LogP contribution in [0.1, 0.15) is 44.5 Å². The van der Waals surface area contributed by atoms with Gasteiger partial charge in [0.15, 0.2) is 0 Å². The summed E-state index contributed by atoms with van der Waals surface area (Å²) in [4.78, 5) is 26.4. The summed E-state index contributed by atoms with van der Waals surface area (Å²) in [5.41, 5.74) is 4.15. The Morgan fingerprint density at radius 2 is 1.80 bits per heavy atom. The number of benzene rings is 2. The summed E-state index contributed by atoms with van der Waals surface area (Å²) in [5, 5.41) is 6.49. The minimum Gasteiger partial charge on any atom is -0.489 e. The van der Waals surface area contributed by atoms with Crippen molar-refractivity contribution in [2.24, 2.45) is 7.05 Å². The molecule has 1 fully saturated rings. The van der Waals surface area contributed by atoms with Crippen molar-refractivity contribution >= 4 is 38.4 Å². The predicted molar refractivity (Wildman–Crippen MR) is 192 cm³/mol. The average molecular weight is 712 g/mol. The normalized spacial score (nSPS) is 18.5. The summed E-state index contributed by atoms with van der Waals surface area (Å²) >= 11 is 1.16. The maximum atomic E-state index is 16.4. The summed E-state index contributed by atoms with van der Waals surface area (Å²) in [6.07, 6.45) is 4.05. The van der Waals surface area contributed by atoms with Crippen LogP contribution < -0.4 is 4.74 Å². The predicted octanol–water partition coefficient (Wildman–Crippen LogP) is 7.92. The zero-order chi connectivity index (χ0) is 35.7. The summed E-state index contributed by atoms with van der Waals surface area (Å²) in [7, 11) is 3.92. The SMILES string of the molecule is C=CC(=O)N1C[C@H](C)n2nc(-c3nc(-c4ccc5c(c4)ncn5C)c4scc(F)c4c3-c3c(F)cc(F)cc3OC3CCN(C)CC3)cc2[C@H]1C. The van der Waals surface area contributed by atoms with Gasteiger partial charge in [-0.3, -0.25) is 9.48 Å². The summed E-state index contributed by atoms with van der Waals surface area (Å²) < 4.78 is 58.4. The molecule has 0 radical (unpaired) electrons. The number of carbonyl (C=O) groups is 1. The van der Waals surface area contributed by atoms with Gasteiger partial charge in [0.25, 0.3) is 0 Å². The first-order valence-corrected chi connectivity index (χ1v) is 17.8. The number of rotatable bonds is 6. The van der Waals surface area contributed by atoms with E-state index in [0.29, 0.717) is 41.0 Å². The molecule has 2 aliphatic heterocycles. The largest absolute Gasteiger partial charge is 0.489 e. The minimum atomic E-state index is -0.899. The molecule has 2 atom stereocenters. The number of likely N-dealkylation sites (tertiary alicyclic amines) is 1. The monoisotopic (exact) mass is 711 g/mol. The molecule has 6 aromatic rings. The molecule has 4 aromatic heterocycles. The third-order valence-electron chi connectivity index (χ3n) is 10.1. The number of ether oxygens (including phenoxy) is 1. The lowest BCUT2D eigenvalue weighted by Gasteiger charge is -2.36. The number of carbonyl (C=O) groups excluding carboxylic acids is 1. The quantitative estimate of drug-likeness (QED) is 0.163. The van der Waals surface area contributed by atoms with E-state index in [0.717, 1.165) is 47.2 Å². The van der Waals surface area contributed by atoms with Crippen LogP contribution in [0, 0.1) is 17.5 Å². The van der Waals surface area contributed by atoms with Crippen LogP contribution >= 0.6 is 11.3 Å². The number of hydrogen-bond donors (Lipinski definition) is 0. The van der Waals surface area contributed by atoms with Crippen molar-refractivity contribution < 1.29 is 22.7 Å². The van der Waals surface area contributed by atoms with Gasteiger partial charge in [-0.25, -0.2) is 23.1 Å². The highest BCUT2D eigenvalue weighted by Gasteiger charge is 2.35. The van der Waals surface area contributed by atoms with E-state index in [-0.39, 0.29) is 52.1 Å². The minimum absolute atomic E-state index is 0.0203. The zero-order valence-corrected chi connectivity index (χ0v) is 29.5. The first kappa shape index (κ1) is 33.2. The van der Waals surface area contributed by atoms with Gasteiger partial charge in [-0.1, -0.05) is 12.6 Å². The molecule has 13 heteroatoms. The molecular weight excluding hydrogens is 676 g/mol. The Morgan fingerprint density at radius 3 is 2.57 bits per heavy atom. The van der Waals surface area contributed by atoms with Crippen LogP contribution in [0.4, 0.5) is 13.2 Å². The topological polar surface area (TPSA) is 81.3 Å². The van der Waals surface area contributed by atoms with Crippen LogP contribution in [0.3, 0.4) is 0 Å². The van der Waals surface area contributed by atoms with Gasteiger partial charge in [0.05, 0.1) is 51.1 Å². The van der Waals surface area contributed by atoms with Gasteiger partial charge >= 0.3 is 0 Å². The van der Waals surface area contributed by atoms with Crippen LogP contribution in [0.2, 0.25) is 0 Å². The molecule has 2 aromatic carbocycles. The first-order valence-electron chi connectivity index (χ1n) is 16.9. The van der Waals surface area contributed by atoms with Crippen molar-refractivity contribution in [1.82, 2.24) is 34.1 Å². The maximum absolute atomic E-state index is 16.4. The molecule has 1 saturated heterocycles. The summed E-state index contributed by atoms with van der Waals surface area (Å²) in [5.74, 6) is -2.50. The number of thiophene rings is 1. The number of aryl methyl sites for hydroxylation is 1. The lowest BCUT2D eigenvalue weighted by atomic mass is 9.94. The van der Waals surface area contributed by atoms with Crippen LogP contribution in [0.5, 0.6) is 5.75 Å². The number of amides is 1. The number of nitrogens with zero attached hydrogens (tertiary/aromatic N) is 7. The molecule has 51 heavy (non-hydrogen) atoms.